The van der Waals surface area contributed by atoms with Crippen LogP contribution in [-0.2, 0) is 22.4 Å². The summed E-state index contributed by atoms with van der Waals surface area (Å²) in [6.45, 7) is 0. The highest BCUT2D eigenvalue weighted by molar-refractivity contribution is 5.98. The normalized spacial score (nSPS) is 13.8. The van der Waals surface area contributed by atoms with E-state index in [2.05, 4.69) is 10.3 Å². The minimum atomic E-state index is -0.0510. The van der Waals surface area contributed by atoms with E-state index in [0.717, 1.165) is 33.4 Å². The fourth-order valence-corrected chi connectivity index (χ4v) is 3.39. The zero-order valence-corrected chi connectivity index (χ0v) is 14.0. The maximum atomic E-state index is 12.4. The molecule has 4 rings (SSSR count). The molecule has 0 fully saturated rings. The lowest BCUT2D eigenvalue weighted by atomic mass is 10.0. The Morgan fingerprint density at radius 3 is 2.92 bits per heavy atom. The zero-order chi connectivity index (χ0) is 17.4. The van der Waals surface area contributed by atoms with E-state index >= 15 is 0 Å². The lowest BCUT2D eigenvalue weighted by molar-refractivity contribution is -0.118. The molecule has 0 atom stereocenters. The monoisotopic (exact) mass is 333 g/mol. The van der Waals surface area contributed by atoms with Crippen molar-refractivity contribution in [3.63, 3.8) is 0 Å². The predicted molar refractivity (Wildman–Crippen MR) is 98.8 cm³/mol. The molecule has 0 saturated heterocycles. The van der Waals surface area contributed by atoms with E-state index in [1.165, 1.54) is 0 Å². The highest BCUT2D eigenvalue weighted by atomic mass is 16.2. The lowest BCUT2D eigenvalue weighted by Crippen LogP contribution is -2.31. The molecule has 1 aliphatic heterocycles. The number of aromatic nitrogens is 1. The first-order valence-electron chi connectivity index (χ1n) is 8.36. The van der Waals surface area contributed by atoms with E-state index in [1.807, 2.05) is 48.7 Å². The number of carbonyl (C=O) groups is 2. The Hall–Kier alpha value is -3.08. The minimum Gasteiger partial charge on any atom is -0.361 e. The molecule has 5 nitrogen and oxygen atoms in total. The Labute approximate surface area is 145 Å². The highest BCUT2D eigenvalue weighted by Crippen LogP contribution is 2.29. The second-order valence-electron chi connectivity index (χ2n) is 6.38. The molecule has 126 valence electrons. The Bertz CT molecular complexity index is 974. The maximum absolute atomic E-state index is 12.4. The Morgan fingerprint density at radius 2 is 2.04 bits per heavy atom. The quantitative estimate of drug-likeness (QED) is 0.773. The molecule has 1 aromatic heterocycles. The summed E-state index contributed by atoms with van der Waals surface area (Å²) in [4.78, 5) is 29.0. The van der Waals surface area contributed by atoms with Gasteiger partial charge in [0.05, 0.1) is 6.42 Å². The molecule has 2 heterocycles. The molecule has 0 unspecified atom stereocenters. The summed E-state index contributed by atoms with van der Waals surface area (Å²) >= 11 is 0. The molecule has 5 heteroatoms. The number of aromatic amines is 1. The molecule has 0 radical (unpaired) electrons. The molecule has 1 aliphatic rings. The summed E-state index contributed by atoms with van der Waals surface area (Å²) in [5.41, 5.74) is 4.80. The first kappa shape index (κ1) is 15.4. The molecule has 2 aromatic carbocycles. The van der Waals surface area contributed by atoms with Crippen LogP contribution in [-0.4, -0.2) is 23.8 Å². The van der Waals surface area contributed by atoms with Gasteiger partial charge in [0.2, 0.25) is 11.8 Å². The number of aryl methyl sites for hydroxylation is 1. The second-order valence-corrected chi connectivity index (χ2v) is 6.38. The van der Waals surface area contributed by atoms with Crippen molar-refractivity contribution in [2.75, 3.05) is 17.3 Å². The number of carbonyl (C=O) groups excluding carboxylic acids is 2. The Morgan fingerprint density at radius 1 is 1.20 bits per heavy atom. The van der Waals surface area contributed by atoms with E-state index in [1.54, 1.807) is 11.9 Å². The van der Waals surface area contributed by atoms with Crippen LogP contribution in [0.2, 0.25) is 0 Å². The fraction of sp³-hybridized carbons (Fsp3) is 0.200. The molecule has 25 heavy (non-hydrogen) atoms. The Kier molecular flexibility index (Phi) is 3.76. The van der Waals surface area contributed by atoms with E-state index < -0.39 is 0 Å². The number of hydrogen-bond acceptors (Lipinski definition) is 2. The van der Waals surface area contributed by atoms with Crippen molar-refractivity contribution in [2.45, 2.75) is 19.3 Å². The van der Waals surface area contributed by atoms with E-state index in [9.17, 15) is 9.59 Å². The van der Waals surface area contributed by atoms with E-state index in [-0.39, 0.29) is 11.8 Å². The van der Waals surface area contributed by atoms with Crippen LogP contribution in [0.3, 0.4) is 0 Å². The molecule has 0 spiro atoms. The number of rotatable bonds is 3. The number of H-pyrrole nitrogens is 1. The van der Waals surface area contributed by atoms with Gasteiger partial charge in [-0.2, -0.15) is 0 Å². The number of nitrogens with zero attached hydrogens (tertiary/aromatic N) is 1. The number of fused-ring (bicyclic) bond motifs is 2. The minimum absolute atomic E-state index is 0.0510. The zero-order valence-electron chi connectivity index (χ0n) is 14.0. The summed E-state index contributed by atoms with van der Waals surface area (Å²) in [5.74, 6) is 0.0774. The number of nitrogens with one attached hydrogen (secondary N) is 2. The number of anilines is 2. The summed E-state index contributed by atoms with van der Waals surface area (Å²) in [6, 6.07) is 13.7. The molecular weight excluding hydrogens is 314 g/mol. The second kappa shape index (κ2) is 6.09. The lowest BCUT2D eigenvalue weighted by Gasteiger charge is -2.26. The van der Waals surface area contributed by atoms with Crippen LogP contribution in [0, 0.1) is 0 Å². The topological polar surface area (TPSA) is 65.2 Å². The Balaban J connectivity index is 1.51. The molecular formula is C20H19N3O2. The summed E-state index contributed by atoms with van der Waals surface area (Å²) in [7, 11) is 1.79. The largest absolute Gasteiger partial charge is 0.361 e. The van der Waals surface area contributed by atoms with Crippen molar-refractivity contribution in [1.29, 1.82) is 0 Å². The molecule has 2 amide bonds. The van der Waals surface area contributed by atoms with Crippen LogP contribution in [0.5, 0.6) is 0 Å². The fourth-order valence-electron chi connectivity index (χ4n) is 3.39. The highest BCUT2D eigenvalue weighted by Gasteiger charge is 2.21. The average Bonchev–Trinajstić information content (AvgIpc) is 3.01. The third-order valence-electron chi connectivity index (χ3n) is 4.73. The van der Waals surface area contributed by atoms with Crippen LogP contribution in [0.25, 0.3) is 10.9 Å². The predicted octanol–water partition coefficient (Wildman–Crippen LogP) is 3.26. The molecule has 0 saturated carbocycles. The van der Waals surface area contributed by atoms with Gasteiger partial charge in [0.25, 0.3) is 0 Å². The van der Waals surface area contributed by atoms with Crippen LogP contribution >= 0.6 is 0 Å². The van der Waals surface area contributed by atoms with Gasteiger partial charge in [-0.1, -0.05) is 18.2 Å². The molecule has 0 aliphatic carbocycles. The van der Waals surface area contributed by atoms with E-state index in [0.29, 0.717) is 19.3 Å². The van der Waals surface area contributed by atoms with Crippen LogP contribution in [0.4, 0.5) is 11.4 Å². The van der Waals surface area contributed by atoms with Crippen molar-refractivity contribution in [3.05, 3.63) is 59.8 Å². The third-order valence-corrected chi connectivity index (χ3v) is 4.73. The van der Waals surface area contributed by atoms with Gasteiger partial charge >= 0.3 is 0 Å². The van der Waals surface area contributed by atoms with Gasteiger partial charge in [0.15, 0.2) is 0 Å². The molecule has 3 aromatic rings. The van der Waals surface area contributed by atoms with Crippen molar-refractivity contribution >= 4 is 34.1 Å². The smallest absolute Gasteiger partial charge is 0.228 e. The van der Waals surface area contributed by atoms with Gasteiger partial charge in [-0.15, -0.1) is 0 Å². The van der Waals surface area contributed by atoms with Crippen molar-refractivity contribution in [2.24, 2.45) is 0 Å². The molecule has 2 N–H and O–H groups in total. The van der Waals surface area contributed by atoms with E-state index in [4.69, 9.17) is 0 Å². The van der Waals surface area contributed by atoms with Gasteiger partial charge in [-0.05, 0) is 41.8 Å². The van der Waals surface area contributed by atoms with Gasteiger partial charge in [-0.3, -0.25) is 9.59 Å². The van der Waals surface area contributed by atoms with Gasteiger partial charge in [-0.25, -0.2) is 0 Å². The van der Waals surface area contributed by atoms with Crippen molar-refractivity contribution in [1.82, 2.24) is 4.98 Å². The summed E-state index contributed by atoms with van der Waals surface area (Å²) in [6.07, 6.45) is 3.43. The van der Waals surface area contributed by atoms with Gasteiger partial charge < -0.3 is 15.2 Å². The maximum Gasteiger partial charge on any atom is 0.228 e. The van der Waals surface area contributed by atoms with Crippen molar-refractivity contribution < 1.29 is 9.59 Å². The standard InChI is InChI=1S/C20H19N3O2/c1-23-18-8-7-15(10-13(18)6-9-20(23)25)22-19(24)11-14-12-21-17-5-3-2-4-16(14)17/h2-5,7-8,10,12,21H,6,9,11H2,1H3,(H,22,24). The number of amides is 2. The first-order chi connectivity index (χ1) is 12.1. The third kappa shape index (κ3) is 2.89. The van der Waals surface area contributed by atoms with Gasteiger partial charge in [0.1, 0.15) is 0 Å². The van der Waals surface area contributed by atoms with Crippen molar-refractivity contribution in [3.8, 4) is 0 Å². The van der Waals surface area contributed by atoms with Gasteiger partial charge in [0, 0.05) is 41.9 Å². The number of para-hydroxylation sites is 1. The summed E-state index contributed by atoms with van der Waals surface area (Å²) in [5, 5.41) is 4.04. The van der Waals surface area contributed by atoms with Crippen LogP contribution in [0.1, 0.15) is 17.5 Å². The molecule has 0 bridgehead atoms. The SMILES string of the molecule is CN1C(=O)CCc2cc(NC(=O)Cc3c[nH]c4ccccc34)ccc21. The number of hydrogen-bond donors (Lipinski definition) is 2. The average molecular weight is 333 g/mol. The first-order valence-corrected chi connectivity index (χ1v) is 8.36. The van der Waals surface area contributed by atoms with Crippen LogP contribution in [0.15, 0.2) is 48.7 Å². The number of benzene rings is 2. The summed E-state index contributed by atoms with van der Waals surface area (Å²) < 4.78 is 0. The van der Waals surface area contributed by atoms with Crippen LogP contribution < -0.4 is 10.2 Å².